The van der Waals surface area contributed by atoms with Crippen molar-refractivity contribution in [3.8, 4) is 0 Å². The van der Waals surface area contributed by atoms with Gasteiger partial charge in [0.15, 0.2) is 0 Å². The summed E-state index contributed by atoms with van der Waals surface area (Å²) in [5.74, 6) is -1.42. The zero-order valence-electron chi connectivity index (χ0n) is 9.32. The van der Waals surface area contributed by atoms with Gasteiger partial charge in [0.2, 0.25) is 15.0 Å². The van der Waals surface area contributed by atoms with Crippen LogP contribution >= 0.6 is 0 Å². The number of hydrogen-bond donors (Lipinski definition) is 0. The van der Waals surface area contributed by atoms with Crippen LogP contribution in [0.1, 0.15) is 25.6 Å². The van der Waals surface area contributed by atoms with Crippen molar-refractivity contribution < 1.29 is 21.6 Å². The molecular weight excluding hydrogens is 259 g/mol. The molecule has 5 nitrogen and oxygen atoms in total. The Morgan fingerprint density at radius 2 is 1.94 bits per heavy atom. The molecule has 0 bridgehead atoms. The molecule has 0 spiro atoms. The zero-order valence-corrected chi connectivity index (χ0v) is 10.1. The minimum Gasteiger partial charge on any atom is -0.236 e. The third-order valence-electron chi connectivity index (χ3n) is 1.95. The number of halogens is 3. The number of rotatable bonds is 4. The normalized spacial score (nSPS) is 13.0. The molecule has 0 radical (unpaired) electrons. The summed E-state index contributed by atoms with van der Waals surface area (Å²) >= 11 is 0. The van der Waals surface area contributed by atoms with Crippen LogP contribution in [0, 0.1) is 0 Å². The van der Waals surface area contributed by atoms with Crippen molar-refractivity contribution >= 4 is 9.84 Å². The van der Waals surface area contributed by atoms with Crippen molar-refractivity contribution in [3.63, 3.8) is 0 Å². The van der Waals surface area contributed by atoms with Gasteiger partial charge < -0.3 is 0 Å². The molecule has 0 aliphatic rings. The van der Waals surface area contributed by atoms with Gasteiger partial charge in [-0.15, -0.1) is 5.10 Å². The van der Waals surface area contributed by atoms with Gasteiger partial charge in [0.25, 0.3) is 5.82 Å². The van der Waals surface area contributed by atoms with Crippen molar-refractivity contribution in [2.24, 2.45) is 0 Å². The Hall–Kier alpha value is -1.12. The first kappa shape index (κ1) is 13.9. The second-order valence-electron chi connectivity index (χ2n) is 3.56. The largest absolute Gasteiger partial charge is 0.453 e. The summed E-state index contributed by atoms with van der Waals surface area (Å²) in [6.45, 7) is 1.93. The highest BCUT2D eigenvalue weighted by Gasteiger charge is 2.38. The molecule has 17 heavy (non-hydrogen) atoms. The molecule has 0 amide bonds. The lowest BCUT2D eigenvalue weighted by atomic mass is 10.3. The van der Waals surface area contributed by atoms with Crippen LogP contribution in [0.2, 0.25) is 0 Å². The van der Waals surface area contributed by atoms with E-state index in [9.17, 15) is 21.6 Å². The first-order valence-corrected chi connectivity index (χ1v) is 6.77. The fourth-order valence-corrected chi connectivity index (χ4v) is 1.94. The molecule has 0 aliphatic carbocycles. The second kappa shape index (κ2) is 4.63. The molecule has 0 saturated heterocycles. The molecule has 1 heterocycles. The Balaban J connectivity index is 3.22. The van der Waals surface area contributed by atoms with Gasteiger partial charge in [-0.25, -0.2) is 13.1 Å². The maximum absolute atomic E-state index is 12.4. The molecule has 0 saturated carbocycles. The molecule has 0 aliphatic heterocycles. The summed E-state index contributed by atoms with van der Waals surface area (Å²) < 4.78 is 60.4. The lowest BCUT2D eigenvalue weighted by Crippen LogP contribution is -2.11. The van der Waals surface area contributed by atoms with E-state index in [1.807, 2.05) is 6.92 Å². The van der Waals surface area contributed by atoms with Crippen LogP contribution in [0.25, 0.3) is 0 Å². The fourth-order valence-electron chi connectivity index (χ4n) is 1.18. The summed E-state index contributed by atoms with van der Waals surface area (Å²) in [6.07, 6.45) is -2.69. The number of unbranched alkanes of at least 4 members (excludes halogenated alkanes) is 1. The van der Waals surface area contributed by atoms with Gasteiger partial charge in [-0.1, -0.05) is 13.3 Å². The lowest BCUT2D eigenvalue weighted by molar-refractivity contribution is -0.145. The molecule has 0 unspecified atom stereocenters. The van der Waals surface area contributed by atoms with E-state index in [4.69, 9.17) is 0 Å². The average molecular weight is 271 g/mol. The number of sulfone groups is 1. The molecule has 1 aromatic rings. The van der Waals surface area contributed by atoms with Gasteiger partial charge in [-0.3, -0.25) is 0 Å². The van der Waals surface area contributed by atoms with Gasteiger partial charge in [0.1, 0.15) is 0 Å². The highest BCUT2D eigenvalue weighted by molar-refractivity contribution is 7.90. The van der Waals surface area contributed by atoms with Gasteiger partial charge >= 0.3 is 6.18 Å². The predicted octanol–water partition coefficient (Wildman–Crippen LogP) is 1.50. The van der Waals surface area contributed by atoms with Crippen LogP contribution in [0.15, 0.2) is 5.16 Å². The van der Waals surface area contributed by atoms with Crippen molar-refractivity contribution in [3.05, 3.63) is 5.82 Å². The average Bonchev–Trinajstić information content (AvgIpc) is 2.56. The topological polar surface area (TPSA) is 64.8 Å². The first-order chi connectivity index (χ1) is 7.66. The summed E-state index contributed by atoms with van der Waals surface area (Å²) in [4.78, 5) is 3.04. The Bertz CT molecular complexity index is 493. The molecule has 0 fully saturated rings. The smallest absolute Gasteiger partial charge is 0.236 e. The van der Waals surface area contributed by atoms with E-state index in [1.165, 1.54) is 0 Å². The van der Waals surface area contributed by atoms with Crippen LogP contribution in [0.3, 0.4) is 0 Å². The zero-order chi connectivity index (χ0) is 13.3. The highest BCUT2D eigenvalue weighted by atomic mass is 32.2. The van der Waals surface area contributed by atoms with E-state index in [0.29, 0.717) is 12.8 Å². The van der Waals surface area contributed by atoms with Crippen LogP contribution in [0.5, 0.6) is 0 Å². The predicted molar refractivity (Wildman–Crippen MR) is 53.0 cm³/mol. The molecule has 98 valence electrons. The van der Waals surface area contributed by atoms with E-state index >= 15 is 0 Å². The van der Waals surface area contributed by atoms with Gasteiger partial charge in [0.05, 0.1) is 0 Å². The van der Waals surface area contributed by atoms with Crippen LogP contribution in [-0.2, 0) is 22.6 Å². The standard InChI is InChI=1S/C8H12F3N3O2S/c1-3-4-5-14-7(17(2,15)16)12-6(13-14)8(9,10)11/h3-5H2,1-2H3. The minimum atomic E-state index is -4.74. The van der Waals surface area contributed by atoms with E-state index in [-0.39, 0.29) is 6.54 Å². The first-order valence-electron chi connectivity index (χ1n) is 4.88. The summed E-state index contributed by atoms with van der Waals surface area (Å²) in [5.41, 5.74) is 0. The van der Waals surface area contributed by atoms with Crippen molar-refractivity contribution in [1.82, 2.24) is 14.8 Å². The molecule has 1 aromatic heterocycles. The number of hydrogen-bond acceptors (Lipinski definition) is 4. The number of aryl methyl sites for hydroxylation is 1. The lowest BCUT2D eigenvalue weighted by Gasteiger charge is -2.02. The summed E-state index contributed by atoms with van der Waals surface area (Å²) in [5, 5.41) is 2.55. The maximum Gasteiger partial charge on any atom is 0.453 e. The summed E-state index contributed by atoms with van der Waals surface area (Å²) in [6, 6.07) is 0. The van der Waals surface area contributed by atoms with Crippen molar-refractivity contribution in [2.75, 3.05) is 6.26 Å². The Morgan fingerprint density at radius 3 is 2.35 bits per heavy atom. The van der Waals surface area contributed by atoms with E-state index < -0.39 is 27.0 Å². The molecule has 0 aromatic carbocycles. The van der Waals surface area contributed by atoms with Crippen molar-refractivity contribution in [1.29, 1.82) is 0 Å². The van der Waals surface area contributed by atoms with E-state index in [1.54, 1.807) is 0 Å². The summed E-state index contributed by atoms with van der Waals surface area (Å²) in [7, 11) is -3.81. The van der Waals surface area contributed by atoms with E-state index in [2.05, 4.69) is 10.1 Å². The quantitative estimate of drug-likeness (QED) is 0.832. The molecule has 9 heteroatoms. The number of alkyl halides is 3. The minimum absolute atomic E-state index is 0.0992. The molecule has 0 N–H and O–H groups in total. The molecule has 0 atom stereocenters. The van der Waals surface area contributed by atoms with Gasteiger partial charge in [0, 0.05) is 12.8 Å². The second-order valence-corrected chi connectivity index (χ2v) is 5.47. The molecular formula is C8H12F3N3O2S. The van der Waals surface area contributed by atoms with Crippen molar-refractivity contribution in [2.45, 2.75) is 37.6 Å². The van der Waals surface area contributed by atoms with Crippen LogP contribution < -0.4 is 0 Å². The fraction of sp³-hybridized carbons (Fsp3) is 0.750. The van der Waals surface area contributed by atoms with Gasteiger partial charge in [-0.05, 0) is 6.42 Å². The van der Waals surface area contributed by atoms with Gasteiger partial charge in [-0.2, -0.15) is 18.2 Å². The highest BCUT2D eigenvalue weighted by Crippen LogP contribution is 2.27. The SMILES string of the molecule is CCCCn1nc(C(F)(F)F)nc1S(C)(=O)=O. The van der Waals surface area contributed by atoms with E-state index in [0.717, 1.165) is 10.9 Å². The Morgan fingerprint density at radius 1 is 1.35 bits per heavy atom. The third-order valence-corrected chi connectivity index (χ3v) is 2.91. The number of nitrogens with zero attached hydrogens (tertiary/aromatic N) is 3. The van der Waals surface area contributed by atoms with Crippen LogP contribution in [0.4, 0.5) is 13.2 Å². The third kappa shape index (κ3) is 3.42. The molecule has 1 rings (SSSR count). The van der Waals surface area contributed by atoms with Crippen LogP contribution in [-0.4, -0.2) is 29.4 Å². The monoisotopic (exact) mass is 271 g/mol. The maximum atomic E-state index is 12.4. The Kier molecular flexibility index (Phi) is 3.80. The number of aromatic nitrogens is 3. The Labute approximate surface area is 96.6 Å².